The summed E-state index contributed by atoms with van der Waals surface area (Å²) in [5.41, 5.74) is 0. The van der Waals surface area contributed by atoms with Gasteiger partial charge < -0.3 is 9.84 Å². The van der Waals surface area contributed by atoms with Crippen molar-refractivity contribution in [2.45, 2.75) is 71.3 Å². The van der Waals surface area contributed by atoms with Crippen molar-refractivity contribution in [3.8, 4) is 0 Å². The van der Waals surface area contributed by atoms with Gasteiger partial charge in [0.05, 0.1) is 6.10 Å². The van der Waals surface area contributed by atoms with Gasteiger partial charge >= 0.3 is 11.9 Å². The van der Waals surface area contributed by atoms with E-state index in [2.05, 4.69) is 6.92 Å². The number of unbranched alkanes of at least 4 members (excludes halogenated alkanes) is 6. The van der Waals surface area contributed by atoms with Crippen molar-refractivity contribution >= 4 is 11.9 Å². The Bertz CT molecular complexity index is 225. The molecule has 0 bridgehead atoms. The second-order valence-corrected chi connectivity index (χ2v) is 4.43. The minimum atomic E-state index is -1.52. The van der Waals surface area contributed by atoms with Gasteiger partial charge in [0, 0.05) is 0 Å². The van der Waals surface area contributed by atoms with E-state index < -0.39 is 11.9 Å². The highest BCUT2D eigenvalue weighted by molar-refractivity contribution is 6.28. The molecule has 4 nitrogen and oxygen atoms in total. The first-order valence-corrected chi connectivity index (χ1v) is 6.51. The zero-order valence-corrected chi connectivity index (χ0v) is 10.9. The van der Waals surface area contributed by atoms with Crippen LogP contribution in [0.25, 0.3) is 0 Å². The van der Waals surface area contributed by atoms with Crippen LogP contribution in [0.4, 0.5) is 0 Å². The predicted octanol–water partition coefficient (Wildman–Crippen LogP) is 3.14. The lowest BCUT2D eigenvalue weighted by atomic mass is 10.1. The number of carboxylic acid groups (broad SMARTS) is 1. The van der Waals surface area contributed by atoms with Crippen LogP contribution in [0.3, 0.4) is 0 Å². The summed E-state index contributed by atoms with van der Waals surface area (Å²) >= 11 is 0. The largest absolute Gasteiger partial charge is 0.473 e. The van der Waals surface area contributed by atoms with E-state index in [-0.39, 0.29) is 6.10 Å². The van der Waals surface area contributed by atoms with Crippen LogP contribution < -0.4 is 0 Å². The number of esters is 1. The predicted molar refractivity (Wildman–Crippen MR) is 65.8 cm³/mol. The normalized spacial score (nSPS) is 12.1. The van der Waals surface area contributed by atoms with Crippen molar-refractivity contribution in [3.05, 3.63) is 0 Å². The van der Waals surface area contributed by atoms with Gasteiger partial charge in [0.1, 0.15) is 0 Å². The van der Waals surface area contributed by atoms with Gasteiger partial charge in [0.15, 0.2) is 0 Å². The molecule has 0 fully saturated rings. The molecule has 0 radical (unpaired) electrons. The Kier molecular flexibility index (Phi) is 9.49. The maximum absolute atomic E-state index is 10.7. The molecule has 0 aliphatic heterocycles. The first-order chi connectivity index (χ1) is 8.07. The first kappa shape index (κ1) is 15.9. The number of carbonyl (C=O) groups is 2. The van der Waals surface area contributed by atoms with Crippen LogP contribution >= 0.6 is 0 Å². The van der Waals surface area contributed by atoms with E-state index in [1.54, 1.807) is 6.92 Å². The number of hydrogen-bond acceptors (Lipinski definition) is 3. The first-order valence-electron chi connectivity index (χ1n) is 6.51. The molecule has 0 heterocycles. The molecule has 0 aromatic carbocycles. The molecule has 17 heavy (non-hydrogen) atoms. The summed E-state index contributed by atoms with van der Waals surface area (Å²) in [6.45, 7) is 3.93. The number of hydrogen-bond donors (Lipinski definition) is 1. The van der Waals surface area contributed by atoms with Crippen LogP contribution in [0.1, 0.15) is 65.2 Å². The fourth-order valence-corrected chi connectivity index (χ4v) is 1.68. The number of rotatable bonds is 9. The quantitative estimate of drug-likeness (QED) is 0.384. The average Bonchev–Trinajstić information content (AvgIpc) is 2.27. The topological polar surface area (TPSA) is 63.6 Å². The molecular weight excluding hydrogens is 220 g/mol. The van der Waals surface area contributed by atoms with Gasteiger partial charge in [0.2, 0.25) is 0 Å². The zero-order chi connectivity index (χ0) is 13.1. The molecule has 0 rings (SSSR count). The van der Waals surface area contributed by atoms with Gasteiger partial charge in [-0.15, -0.1) is 0 Å². The van der Waals surface area contributed by atoms with Gasteiger partial charge in [0.25, 0.3) is 0 Å². The lowest BCUT2D eigenvalue weighted by Crippen LogP contribution is -2.22. The minimum absolute atomic E-state index is 0.297. The average molecular weight is 244 g/mol. The molecular formula is C13H24O4. The summed E-state index contributed by atoms with van der Waals surface area (Å²) in [5, 5.41) is 8.35. The molecule has 0 amide bonds. The molecule has 1 N–H and O–H groups in total. The van der Waals surface area contributed by atoms with Crippen molar-refractivity contribution in [3.63, 3.8) is 0 Å². The van der Waals surface area contributed by atoms with Gasteiger partial charge in [-0.1, -0.05) is 45.4 Å². The molecule has 0 saturated carbocycles. The Labute approximate surface area is 103 Å². The highest BCUT2D eigenvalue weighted by atomic mass is 16.6. The Morgan fingerprint density at radius 1 is 1.06 bits per heavy atom. The van der Waals surface area contributed by atoms with E-state index >= 15 is 0 Å². The second kappa shape index (κ2) is 10.1. The van der Waals surface area contributed by atoms with Crippen LogP contribution in [0.2, 0.25) is 0 Å². The van der Waals surface area contributed by atoms with Crippen LogP contribution in [-0.2, 0) is 14.3 Å². The molecule has 0 saturated heterocycles. The second-order valence-electron chi connectivity index (χ2n) is 4.43. The molecule has 0 aliphatic rings. The van der Waals surface area contributed by atoms with Crippen LogP contribution in [0, 0.1) is 0 Å². The summed E-state index contributed by atoms with van der Waals surface area (Å²) in [4.78, 5) is 21.0. The van der Waals surface area contributed by atoms with E-state index in [1.165, 1.54) is 32.1 Å². The maximum atomic E-state index is 10.7. The van der Waals surface area contributed by atoms with E-state index in [1.807, 2.05) is 0 Å². The third kappa shape index (κ3) is 9.85. The Morgan fingerprint density at radius 3 is 2.12 bits per heavy atom. The lowest BCUT2D eigenvalue weighted by Gasteiger charge is -2.10. The van der Waals surface area contributed by atoms with Crippen LogP contribution in [-0.4, -0.2) is 23.1 Å². The van der Waals surface area contributed by atoms with Crippen molar-refractivity contribution in [2.24, 2.45) is 0 Å². The molecule has 4 heteroatoms. The maximum Gasteiger partial charge on any atom is 0.417 e. The summed E-state index contributed by atoms with van der Waals surface area (Å²) in [7, 11) is 0. The standard InChI is InChI=1S/C13H24O4/c1-3-4-5-6-7-8-9-10-11(2)17-13(16)12(14)15/h11H,3-10H2,1-2H3,(H,14,15). The monoisotopic (exact) mass is 244 g/mol. The lowest BCUT2D eigenvalue weighted by molar-refractivity contribution is -0.167. The molecule has 1 unspecified atom stereocenters. The summed E-state index contributed by atoms with van der Waals surface area (Å²) in [6.07, 6.45) is 8.87. The van der Waals surface area contributed by atoms with E-state index in [4.69, 9.17) is 9.84 Å². The number of carbonyl (C=O) groups excluding carboxylic acids is 1. The molecule has 1 atom stereocenters. The Morgan fingerprint density at radius 2 is 1.59 bits per heavy atom. The van der Waals surface area contributed by atoms with E-state index in [0.29, 0.717) is 0 Å². The molecule has 0 aromatic rings. The van der Waals surface area contributed by atoms with Gasteiger partial charge in [-0.25, -0.2) is 9.59 Å². The van der Waals surface area contributed by atoms with Crippen LogP contribution in [0.5, 0.6) is 0 Å². The number of aliphatic carboxylic acids is 1. The third-order valence-electron chi connectivity index (χ3n) is 2.70. The summed E-state index contributed by atoms with van der Waals surface area (Å²) < 4.78 is 4.72. The molecule has 0 aliphatic carbocycles. The van der Waals surface area contributed by atoms with Crippen molar-refractivity contribution in [1.82, 2.24) is 0 Å². The zero-order valence-electron chi connectivity index (χ0n) is 10.9. The molecule has 0 spiro atoms. The SMILES string of the molecule is CCCCCCCCCC(C)OC(=O)C(=O)O. The highest BCUT2D eigenvalue weighted by Crippen LogP contribution is 2.11. The van der Waals surface area contributed by atoms with Crippen LogP contribution in [0.15, 0.2) is 0 Å². The Balaban J connectivity index is 3.36. The van der Waals surface area contributed by atoms with E-state index in [9.17, 15) is 9.59 Å². The fraction of sp³-hybridized carbons (Fsp3) is 0.846. The minimum Gasteiger partial charge on any atom is -0.473 e. The van der Waals surface area contributed by atoms with Crippen molar-refractivity contribution in [1.29, 1.82) is 0 Å². The van der Waals surface area contributed by atoms with E-state index in [0.717, 1.165) is 19.3 Å². The fourth-order valence-electron chi connectivity index (χ4n) is 1.68. The smallest absolute Gasteiger partial charge is 0.417 e. The van der Waals surface area contributed by atoms with Crippen molar-refractivity contribution < 1.29 is 19.4 Å². The molecule has 100 valence electrons. The van der Waals surface area contributed by atoms with Gasteiger partial charge in [-0.3, -0.25) is 0 Å². The summed E-state index contributed by atoms with van der Waals surface area (Å²) in [6, 6.07) is 0. The highest BCUT2D eigenvalue weighted by Gasteiger charge is 2.16. The molecule has 0 aromatic heterocycles. The van der Waals surface area contributed by atoms with Crippen molar-refractivity contribution in [2.75, 3.05) is 0 Å². The summed E-state index contributed by atoms with van der Waals surface area (Å²) in [5.74, 6) is -2.67. The van der Waals surface area contributed by atoms with Gasteiger partial charge in [-0.2, -0.15) is 0 Å². The number of carboxylic acids is 1. The third-order valence-corrected chi connectivity index (χ3v) is 2.70. The Hall–Kier alpha value is -1.06. The van der Waals surface area contributed by atoms with Gasteiger partial charge in [-0.05, 0) is 19.8 Å². The number of ether oxygens (including phenoxy) is 1.